The lowest BCUT2D eigenvalue weighted by Crippen LogP contribution is -2.38. The van der Waals surface area contributed by atoms with E-state index in [9.17, 15) is 10.2 Å². The second kappa shape index (κ2) is 7.17. The van der Waals surface area contributed by atoms with Gasteiger partial charge >= 0.3 is 0 Å². The standard InChI is InChI=1S/C16H21N3O2S/c20-14-6-4-13(5-7-14)19(10-16-18-17-11-22-16)9-12-2-1-3-15(21)8-12/h1-3,8,11,13-14,20-21H,4-7,9-10H2. The summed E-state index contributed by atoms with van der Waals surface area (Å²) < 4.78 is 0. The Morgan fingerprint density at radius 1 is 1.18 bits per heavy atom. The number of benzene rings is 1. The zero-order valence-electron chi connectivity index (χ0n) is 12.4. The molecule has 1 saturated carbocycles. The number of aliphatic hydroxyl groups is 1. The third-order valence-corrected chi connectivity index (χ3v) is 4.90. The van der Waals surface area contributed by atoms with Crippen LogP contribution in [0.25, 0.3) is 0 Å². The molecule has 5 nitrogen and oxygen atoms in total. The number of aromatic hydroxyl groups is 1. The van der Waals surface area contributed by atoms with Crippen molar-refractivity contribution < 1.29 is 10.2 Å². The molecule has 0 spiro atoms. The van der Waals surface area contributed by atoms with Crippen LogP contribution in [0.15, 0.2) is 29.8 Å². The number of rotatable bonds is 5. The molecule has 1 aliphatic carbocycles. The van der Waals surface area contributed by atoms with Crippen molar-refractivity contribution in [3.63, 3.8) is 0 Å². The van der Waals surface area contributed by atoms with E-state index >= 15 is 0 Å². The quantitative estimate of drug-likeness (QED) is 0.886. The molecule has 0 radical (unpaired) electrons. The van der Waals surface area contributed by atoms with Crippen molar-refractivity contribution >= 4 is 11.3 Å². The summed E-state index contributed by atoms with van der Waals surface area (Å²) in [4.78, 5) is 2.39. The van der Waals surface area contributed by atoms with Crippen molar-refractivity contribution in [2.45, 2.75) is 50.9 Å². The van der Waals surface area contributed by atoms with Crippen molar-refractivity contribution in [3.8, 4) is 5.75 Å². The van der Waals surface area contributed by atoms with Crippen LogP contribution in [-0.4, -0.2) is 37.5 Å². The maximum atomic E-state index is 9.72. The highest BCUT2D eigenvalue weighted by atomic mass is 32.1. The molecular formula is C16H21N3O2S. The van der Waals surface area contributed by atoms with E-state index in [1.807, 2.05) is 18.2 Å². The van der Waals surface area contributed by atoms with Gasteiger partial charge in [-0.3, -0.25) is 4.90 Å². The molecular weight excluding hydrogens is 298 g/mol. The van der Waals surface area contributed by atoms with Crippen LogP contribution < -0.4 is 0 Å². The minimum Gasteiger partial charge on any atom is -0.508 e. The molecule has 1 aromatic heterocycles. The first-order valence-electron chi connectivity index (χ1n) is 7.66. The van der Waals surface area contributed by atoms with Crippen LogP contribution in [0.1, 0.15) is 36.3 Å². The van der Waals surface area contributed by atoms with Crippen LogP contribution >= 0.6 is 11.3 Å². The van der Waals surface area contributed by atoms with Gasteiger partial charge in [-0.25, -0.2) is 0 Å². The third kappa shape index (κ3) is 4.03. The SMILES string of the molecule is Oc1cccc(CN(Cc2nncs2)C2CCC(O)CC2)c1. The summed E-state index contributed by atoms with van der Waals surface area (Å²) in [5, 5.41) is 28.4. The van der Waals surface area contributed by atoms with E-state index in [1.54, 1.807) is 22.9 Å². The Labute approximate surface area is 134 Å². The highest BCUT2D eigenvalue weighted by Gasteiger charge is 2.25. The third-order valence-electron chi connectivity index (χ3n) is 4.22. The average Bonchev–Trinajstić information content (AvgIpc) is 3.00. The number of hydrogen-bond donors (Lipinski definition) is 2. The molecule has 2 N–H and O–H groups in total. The number of nitrogens with zero attached hydrogens (tertiary/aromatic N) is 3. The molecule has 0 saturated heterocycles. The predicted octanol–water partition coefficient (Wildman–Crippen LogP) is 2.55. The van der Waals surface area contributed by atoms with Gasteiger partial charge in [-0.15, -0.1) is 21.5 Å². The fraction of sp³-hybridized carbons (Fsp3) is 0.500. The Morgan fingerprint density at radius 2 is 2.00 bits per heavy atom. The minimum atomic E-state index is -0.152. The number of aliphatic hydroxyl groups excluding tert-OH is 1. The van der Waals surface area contributed by atoms with Gasteiger partial charge in [0.2, 0.25) is 0 Å². The lowest BCUT2D eigenvalue weighted by atomic mass is 9.91. The van der Waals surface area contributed by atoms with Gasteiger partial charge in [0.1, 0.15) is 16.3 Å². The molecule has 0 aliphatic heterocycles. The topological polar surface area (TPSA) is 69.5 Å². The largest absolute Gasteiger partial charge is 0.508 e. The molecule has 118 valence electrons. The smallest absolute Gasteiger partial charge is 0.131 e. The molecule has 6 heteroatoms. The summed E-state index contributed by atoms with van der Waals surface area (Å²) >= 11 is 1.57. The van der Waals surface area contributed by atoms with Crippen LogP contribution in [0.5, 0.6) is 5.75 Å². The Bertz CT molecular complexity index is 583. The second-order valence-corrected chi connectivity index (χ2v) is 6.79. The maximum absolute atomic E-state index is 9.72. The molecule has 0 bridgehead atoms. The molecule has 1 fully saturated rings. The Morgan fingerprint density at radius 3 is 2.68 bits per heavy atom. The van der Waals surface area contributed by atoms with Crippen molar-refractivity contribution in [1.29, 1.82) is 0 Å². The van der Waals surface area contributed by atoms with Gasteiger partial charge in [0.25, 0.3) is 0 Å². The molecule has 0 atom stereocenters. The molecule has 1 aliphatic rings. The molecule has 1 heterocycles. The van der Waals surface area contributed by atoms with Gasteiger partial charge in [0.05, 0.1) is 12.6 Å². The molecule has 1 aromatic carbocycles. The van der Waals surface area contributed by atoms with Crippen molar-refractivity contribution in [2.24, 2.45) is 0 Å². The van der Waals surface area contributed by atoms with Crippen molar-refractivity contribution in [1.82, 2.24) is 15.1 Å². The zero-order valence-corrected chi connectivity index (χ0v) is 13.2. The van der Waals surface area contributed by atoms with E-state index in [1.165, 1.54) is 0 Å². The monoisotopic (exact) mass is 319 g/mol. The average molecular weight is 319 g/mol. The zero-order chi connectivity index (χ0) is 15.4. The molecule has 22 heavy (non-hydrogen) atoms. The molecule has 2 aromatic rings. The van der Waals surface area contributed by atoms with E-state index < -0.39 is 0 Å². The maximum Gasteiger partial charge on any atom is 0.131 e. The number of aromatic nitrogens is 2. The minimum absolute atomic E-state index is 0.152. The first-order chi connectivity index (χ1) is 10.7. The van der Waals surface area contributed by atoms with Gasteiger partial charge in [0.15, 0.2) is 0 Å². The summed E-state index contributed by atoms with van der Waals surface area (Å²) in [6, 6.07) is 7.85. The van der Waals surface area contributed by atoms with Gasteiger partial charge < -0.3 is 10.2 Å². The van der Waals surface area contributed by atoms with Crippen LogP contribution in [0.4, 0.5) is 0 Å². The van der Waals surface area contributed by atoms with Gasteiger partial charge in [-0.1, -0.05) is 12.1 Å². The molecule has 0 amide bonds. The van der Waals surface area contributed by atoms with E-state index in [2.05, 4.69) is 15.1 Å². The lowest BCUT2D eigenvalue weighted by Gasteiger charge is -2.35. The highest BCUT2D eigenvalue weighted by Crippen LogP contribution is 2.26. The first-order valence-corrected chi connectivity index (χ1v) is 8.54. The number of phenols is 1. The number of phenolic OH excluding ortho intramolecular Hbond substituents is 1. The first kappa shape index (κ1) is 15.4. The summed E-state index contributed by atoms with van der Waals surface area (Å²) in [6.45, 7) is 1.54. The summed E-state index contributed by atoms with van der Waals surface area (Å²) in [6.07, 6.45) is 3.56. The Balaban J connectivity index is 1.73. The predicted molar refractivity (Wildman–Crippen MR) is 85.5 cm³/mol. The summed E-state index contributed by atoms with van der Waals surface area (Å²) in [5.41, 5.74) is 2.85. The highest BCUT2D eigenvalue weighted by molar-refractivity contribution is 7.09. The lowest BCUT2D eigenvalue weighted by molar-refractivity contribution is 0.0664. The van der Waals surface area contributed by atoms with Crippen LogP contribution in [0.2, 0.25) is 0 Å². The van der Waals surface area contributed by atoms with Gasteiger partial charge in [0, 0.05) is 12.6 Å². The van der Waals surface area contributed by atoms with E-state index in [0.29, 0.717) is 11.8 Å². The summed E-state index contributed by atoms with van der Waals surface area (Å²) in [7, 11) is 0. The van der Waals surface area contributed by atoms with E-state index in [0.717, 1.165) is 49.3 Å². The van der Waals surface area contributed by atoms with E-state index in [-0.39, 0.29) is 6.10 Å². The van der Waals surface area contributed by atoms with Gasteiger partial charge in [-0.2, -0.15) is 0 Å². The van der Waals surface area contributed by atoms with E-state index in [4.69, 9.17) is 0 Å². The summed E-state index contributed by atoms with van der Waals surface area (Å²) in [5.74, 6) is 0.299. The Hall–Kier alpha value is -1.50. The fourth-order valence-electron chi connectivity index (χ4n) is 3.07. The Kier molecular flexibility index (Phi) is 5.02. The number of hydrogen-bond acceptors (Lipinski definition) is 6. The fourth-order valence-corrected chi connectivity index (χ4v) is 3.62. The molecule has 3 rings (SSSR count). The second-order valence-electron chi connectivity index (χ2n) is 5.87. The molecule has 0 unspecified atom stereocenters. The van der Waals surface area contributed by atoms with Crippen molar-refractivity contribution in [2.75, 3.05) is 0 Å². The van der Waals surface area contributed by atoms with Crippen LogP contribution in [-0.2, 0) is 13.1 Å². The normalized spacial score (nSPS) is 22.1. The van der Waals surface area contributed by atoms with Gasteiger partial charge in [-0.05, 0) is 43.4 Å². The van der Waals surface area contributed by atoms with Crippen molar-refractivity contribution in [3.05, 3.63) is 40.3 Å². The van der Waals surface area contributed by atoms with Crippen LogP contribution in [0.3, 0.4) is 0 Å². The van der Waals surface area contributed by atoms with Crippen LogP contribution in [0, 0.1) is 0 Å².